The fourth-order valence-electron chi connectivity index (χ4n) is 2.73. The first-order valence-electron chi connectivity index (χ1n) is 8.77. The van der Waals surface area contributed by atoms with E-state index in [0.29, 0.717) is 30.8 Å². The monoisotopic (exact) mass is 409 g/mol. The van der Waals surface area contributed by atoms with Crippen molar-refractivity contribution in [3.63, 3.8) is 0 Å². The maximum absolute atomic E-state index is 12.7. The smallest absolute Gasteiger partial charge is 0.416 e. The number of carbonyl (C=O) groups is 2. The van der Waals surface area contributed by atoms with Gasteiger partial charge in [-0.3, -0.25) is 4.79 Å². The zero-order valence-electron chi connectivity index (χ0n) is 15.4. The van der Waals surface area contributed by atoms with Crippen LogP contribution in [0.2, 0.25) is 0 Å². The second-order valence-corrected chi connectivity index (χ2v) is 6.35. The van der Waals surface area contributed by atoms with Crippen molar-refractivity contribution in [2.24, 2.45) is 0 Å². The topological polar surface area (TPSA) is 73.9 Å². The highest BCUT2D eigenvalue weighted by molar-refractivity contribution is 5.91. The molecular weight excluding hydrogens is 391 g/mol. The van der Waals surface area contributed by atoms with E-state index in [1.165, 1.54) is 6.07 Å². The van der Waals surface area contributed by atoms with Crippen LogP contribution in [0.3, 0.4) is 0 Å². The molecule has 0 saturated carbocycles. The molecule has 1 amide bonds. The Bertz CT molecular complexity index is 913. The number of hydrogen-bond donors (Lipinski definition) is 1. The molecule has 154 valence electrons. The molecule has 0 aromatic heterocycles. The van der Waals surface area contributed by atoms with Crippen LogP contribution in [0.4, 0.5) is 13.2 Å². The Labute approximate surface area is 164 Å². The summed E-state index contributed by atoms with van der Waals surface area (Å²) >= 11 is 0. The van der Waals surface area contributed by atoms with Gasteiger partial charge in [-0.1, -0.05) is 12.1 Å². The minimum absolute atomic E-state index is 0.285. The summed E-state index contributed by atoms with van der Waals surface area (Å²) in [5.41, 5.74) is -0.497. The van der Waals surface area contributed by atoms with Gasteiger partial charge in [-0.05, 0) is 42.8 Å². The highest BCUT2D eigenvalue weighted by atomic mass is 19.4. The van der Waals surface area contributed by atoms with Crippen molar-refractivity contribution >= 4 is 11.9 Å². The van der Waals surface area contributed by atoms with Crippen molar-refractivity contribution in [1.29, 1.82) is 0 Å². The van der Waals surface area contributed by atoms with Crippen LogP contribution in [0, 0.1) is 0 Å². The number of nitrogens with one attached hydrogen (secondary N) is 1. The number of carbonyl (C=O) groups excluding carboxylic acids is 2. The van der Waals surface area contributed by atoms with E-state index in [4.69, 9.17) is 14.2 Å². The molecule has 3 rings (SSSR count). The minimum Gasteiger partial charge on any atom is -0.486 e. The Kier molecular flexibility index (Phi) is 5.95. The summed E-state index contributed by atoms with van der Waals surface area (Å²) in [6.45, 7) is 2.01. The number of amides is 1. The summed E-state index contributed by atoms with van der Waals surface area (Å²) in [4.78, 5) is 24.0. The normalized spacial score (nSPS) is 14.1. The SMILES string of the molecule is CC(NC(=O)COC(=O)c1cccc(C(F)(F)F)c1)c1ccc2c(c1)OCCO2. The lowest BCUT2D eigenvalue weighted by Crippen LogP contribution is -2.31. The molecule has 6 nitrogen and oxygen atoms in total. The fourth-order valence-corrected chi connectivity index (χ4v) is 2.73. The van der Waals surface area contributed by atoms with Crippen LogP contribution in [-0.2, 0) is 15.7 Å². The van der Waals surface area contributed by atoms with Gasteiger partial charge in [-0.15, -0.1) is 0 Å². The molecule has 0 spiro atoms. The Morgan fingerprint density at radius 3 is 2.55 bits per heavy atom. The number of fused-ring (bicyclic) bond motifs is 1. The van der Waals surface area contributed by atoms with E-state index in [9.17, 15) is 22.8 Å². The molecule has 9 heteroatoms. The lowest BCUT2D eigenvalue weighted by atomic mass is 10.1. The largest absolute Gasteiger partial charge is 0.486 e. The summed E-state index contributed by atoms with van der Waals surface area (Å²) in [6.07, 6.45) is -4.58. The molecule has 1 aliphatic heterocycles. The maximum atomic E-state index is 12.7. The van der Waals surface area contributed by atoms with Crippen molar-refractivity contribution in [3.8, 4) is 11.5 Å². The molecule has 29 heavy (non-hydrogen) atoms. The Hall–Kier alpha value is -3.23. The van der Waals surface area contributed by atoms with Crippen molar-refractivity contribution in [3.05, 3.63) is 59.2 Å². The fraction of sp³-hybridized carbons (Fsp3) is 0.300. The number of ether oxygens (including phenoxy) is 3. The van der Waals surface area contributed by atoms with E-state index >= 15 is 0 Å². The standard InChI is InChI=1S/C20H18F3NO5/c1-12(13-5-6-16-17(10-13)28-8-7-27-16)24-18(25)11-29-19(26)14-3-2-4-15(9-14)20(21,22)23/h2-6,9-10,12H,7-8,11H2,1H3,(H,24,25). The minimum atomic E-state index is -4.58. The second kappa shape index (κ2) is 8.42. The average Bonchev–Trinajstić information content (AvgIpc) is 2.71. The van der Waals surface area contributed by atoms with Gasteiger partial charge in [0.2, 0.25) is 0 Å². The number of halogens is 3. The van der Waals surface area contributed by atoms with Crippen molar-refractivity contribution < 1.29 is 37.0 Å². The van der Waals surface area contributed by atoms with Gasteiger partial charge in [0.15, 0.2) is 18.1 Å². The second-order valence-electron chi connectivity index (χ2n) is 6.35. The molecule has 0 bridgehead atoms. The number of rotatable bonds is 5. The Morgan fingerprint density at radius 1 is 1.10 bits per heavy atom. The molecule has 1 aliphatic rings. The molecule has 1 unspecified atom stereocenters. The number of benzene rings is 2. The quantitative estimate of drug-likeness (QED) is 0.765. The zero-order valence-corrected chi connectivity index (χ0v) is 15.4. The molecule has 2 aromatic carbocycles. The van der Waals surface area contributed by atoms with Gasteiger partial charge in [0.05, 0.1) is 17.2 Å². The van der Waals surface area contributed by atoms with Crippen molar-refractivity contribution in [2.45, 2.75) is 19.1 Å². The predicted octanol–water partition coefficient (Wildman–Crippen LogP) is 3.51. The van der Waals surface area contributed by atoms with E-state index in [1.807, 2.05) is 0 Å². The number of esters is 1. The molecule has 1 heterocycles. The highest BCUT2D eigenvalue weighted by Crippen LogP contribution is 2.32. The average molecular weight is 409 g/mol. The van der Waals surface area contributed by atoms with E-state index in [1.54, 1.807) is 25.1 Å². The molecule has 2 aromatic rings. The van der Waals surface area contributed by atoms with Gasteiger partial charge in [0.1, 0.15) is 13.2 Å². The molecule has 1 atom stereocenters. The molecule has 0 saturated heterocycles. The van der Waals surface area contributed by atoms with Gasteiger partial charge in [0, 0.05) is 0 Å². The summed E-state index contributed by atoms with van der Waals surface area (Å²) in [5, 5.41) is 2.65. The molecule has 0 fully saturated rings. The Morgan fingerprint density at radius 2 is 1.83 bits per heavy atom. The van der Waals surface area contributed by atoms with Gasteiger partial charge in [-0.25, -0.2) is 4.79 Å². The van der Waals surface area contributed by atoms with Gasteiger partial charge in [-0.2, -0.15) is 13.2 Å². The van der Waals surface area contributed by atoms with Gasteiger partial charge >= 0.3 is 12.1 Å². The van der Waals surface area contributed by atoms with Crippen LogP contribution in [0.25, 0.3) is 0 Å². The van der Waals surface area contributed by atoms with E-state index in [-0.39, 0.29) is 5.56 Å². The third-order valence-electron chi connectivity index (χ3n) is 4.20. The van der Waals surface area contributed by atoms with Gasteiger partial charge < -0.3 is 19.5 Å². The number of alkyl halides is 3. The molecular formula is C20H18F3NO5. The third kappa shape index (κ3) is 5.18. The summed E-state index contributed by atoms with van der Waals surface area (Å²) in [7, 11) is 0. The highest BCUT2D eigenvalue weighted by Gasteiger charge is 2.31. The molecule has 0 radical (unpaired) electrons. The van der Waals surface area contributed by atoms with Crippen LogP contribution in [-0.4, -0.2) is 31.7 Å². The summed E-state index contributed by atoms with van der Waals surface area (Å²) in [6, 6.07) is 8.65. The first-order valence-corrected chi connectivity index (χ1v) is 8.77. The third-order valence-corrected chi connectivity index (χ3v) is 4.20. The molecule has 0 aliphatic carbocycles. The predicted molar refractivity (Wildman–Crippen MR) is 95.7 cm³/mol. The van der Waals surface area contributed by atoms with Crippen molar-refractivity contribution in [2.75, 3.05) is 19.8 Å². The van der Waals surface area contributed by atoms with Crippen LogP contribution in [0.15, 0.2) is 42.5 Å². The first-order chi connectivity index (χ1) is 13.7. The van der Waals surface area contributed by atoms with Gasteiger partial charge in [0.25, 0.3) is 5.91 Å². The number of hydrogen-bond acceptors (Lipinski definition) is 5. The van der Waals surface area contributed by atoms with Crippen molar-refractivity contribution in [1.82, 2.24) is 5.32 Å². The molecule has 1 N–H and O–H groups in total. The first kappa shape index (κ1) is 20.5. The van der Waals surface area contributed by atoms with E-state index in [0.717, 1.165) is 17.7 Å². The summed E-state index contributed by atoms with van der Waals surface area (Å²) < 4.78 is 53.9. The van der Waals surface area contributed by atoms with E-state index < -0.39 is 36.3 Å². The lowest BCUT2D eigenvalue weighted by Gasteiger charge is -2.21. The van der Waals surface area contributed by atoms with Crippen LogP contribution >= 0.6 is 0 Å². The van der Waals surface area contributed by atoms with Crippen LogP contribution < -0.4 is 14.8 Å². The van der Waals surface area contributed by atoms with Crippen LogP contribution in [0.1, 0.15) is 34.5 Å². The lowest BCUT2D eigenvalue weighted by molar-refractivity contribution is -0.137. The zero-order chi connectivity index (χ0) is 21.0. The Balaban J connectivity index is 1.55. The van der Waals surface area contributed by atoms with E-state index in [2.05, 4.69) is 5.32 Å². The summed E-state index contributed by atoms with van der Waals surface area (Å²) in [5.74, 6) is -0.412. The maximum Gasteiger partial charge on any atom is 0.416 e. The van der Waals surface area contributed by atoms with Crippen LogP contribution in [0.5, 0.6) is 11.5 Å².